The van der Waals surface area contributed by atoms with Gasteiger partial charge in [0.1, 0.15) is 23.1 Å². The third-order valence-electron chi connectivity index (χ3n) is 12.1. The van der Waals surface area contributed by atoms with Gasteiger partial charge in [0.25, 0.3) is 11.5 Å². The number of aryl methyl sites for hydroxylation is 2. The molecule has 2 fully saturated rings. The fourth-order valence-corrected chi connectivity index (χ4v) is 9.55. The molecule has 13 nitrogen and oxygen atoms in total. The van der Waals surface area contributed by atoms with E-state index >= 15 is 4.39 Å². The quantitative estimate of drug-likeness (QED) is 0.114. The highest BCUT2D eigenvalue weighted by atomic mass is 35.5. The molecule has 0 unspecified atom stereocenters. The summed E-state index contributed by atoms with van der Waals surface area (Å²) in [4.78, 5) is 31.1. The number of benzene rings is 3. The topological polar surface area (TPSA) is 172 Å². The molecule has 1 saturated carbocycles. The third-order valence-corrected chi connectivity index (χ3v) is 14.2. The van der Waals surface area contributed by atoms with Crippen LogP contribution in [0.25, 0.3) is 22.0 Å². The number of amides is 1. The molecule has 63 heavy (non-hydrogen) atoms. The number of pyridine rings is 1. The summed E-state index contributed by atoms with van der Waals surface area (Å²) in [6, 6.07) is 21.8. The van der Waals surface area contributed by atoms with E-state index in [0.29, 0.717) is 50.7 Å². The highest BCUT2D eigenvalue weighted by Crippen LogP contribution is 2.39. The molecular weight excluding hydrogens is 845 g/mol. The zero-order valence-corrected chi connectivity index (χ0v) is 36.5. The van der Waals surface area contributed by atoms with Crippen molar-refractivity contribution in [3.63, 3.8) is 0 Å². The summed E-state index contributed by atoms with van der Waals surface area (Å²) in [5, 5.41) is 21.8. The normalized spacial score (nSPS) is 17.0. The summed E-state index contributed by atoms with van der Waals surface area (Å²) in [5.74, 6) is 1.15. The minimum atomic E-state index is -3.58. The van der Waals surface area contributed by atoms with E-state index in [1.165, 1.54) is 28.8 Å². The minimum absolute atomic E-state index is 0.000124. The van der Waals surface area contributed by atoms with Crippen LogP contribution in [-0.4, -0.2) is 65.1 Å². The number of nitrogens with one attached hydrogen (secondary N) is 2. The van der Waals surface area contributed by atoms with Crippen LogP contribution in [0.5, 0.6) is 17.2 Å². The molecule has 1 saturated heterocycles. The molecule has 0 spiro atoms. The second-order valence-electron chi connectivity index (χ2n) is 16.2. The highest BCUT2D eigenvalue weighted by molar-refractivity contribution is 7.91. The number of sulfone groups is 1. The van der Waals surface area contributed by atoms with Gasteiger partial charge in [0, 0.05) is 61.2 Å². The first-order valence-electron chi connectivity index (χ1n) is 21.1. The molecule has 0 radical (unpaired) electrons. The SMILES string of the molecule is CCS(=O)(=O)c1ccc(Oc2ccc(CCC3CCN(c4ccc(C(=O)N[C@H]5CC[C@H](Oc6ccc(C#N)c(Cl)c6)CC5)nn4)CC3)cc2F)c(-c2cn(C)c(=O)c3[nH]ccc23)c1. The highest BCUT2D eigenvalue weighted by Gasteiger charge is 2.26. The van der Waals surface area contributed by atoms with Crippen LogP contribution in [0.4, 0.5) is 10.2 Å². The van der Waals surface area contributed by atoms with E-state index in [0.717, 1.165) is 69.4 Å². The standard InChI is InChI=1S/C47H47ClFN7O6S/c1-3-63(59,60)35-13-16-42(37(26-35)38-28-55(2)47(58)45-36(38)18-21-51-45)62-43-15-6-30(24-40(43)49)5-4-29-19-22-56(23-20-29)44-17-14-41(53-54-44)46(57)52-32-8-11-33(12-9-32)61-34-10-7-31(27-50)39(48)25-34/h6-7,10,13-18,21,24-26,28-29,32-33,51H,3-5,8-9,11-12,19-20,22-23H2,1-2H3,(H,52,57)/t32-,33-. The maximum atomic E-state index is 15.7. The molecule has 3 aromatic heterocycles. The monoisotopic (exact) mass is 891 g/mol. The number of aromatic amines is 1. The number of H-pyrrole nitrogens is 1. The van der Waals surface area contributed by atoms with Crippen molar-refractivity contribution < 1.29 is 27.1 Å². The fraction of sp³-hybridized carbons (Fsp3) is 0.340. The molecule has 8 rings (SSSR count). The van der Waals surface area contributed by atoms with Crippen LogP contribution in [0.3, 0.4) is 0 Å². The van der Waals surface area contributed by atoms with Gasteiger partial charge in [-0.05, 0) is 124 Å². The average Bonchev–Trinajstić information content (AvgIpc) is 3.79. The summed E-state index contributed by atoms with van der Waals surface area (Å²) in [7, 11) is -1.97. The van der Waals surface area contributed by atoms with E-state index in [1.54, 1.807) is 62.8 Å². The van der Waals surface area contributed by atoms with Crippen LogP contribution in [0, 0.1) is 23.1 Å². The number of aromatic nitrogens is 4. The minimum Gasteiger partial charge on any atom is -0.490 e. The molecule has 16 heteroatoms. The van der Waals surface area contributed by atoms with Gasteiger partial charge in [-0.2, -0.15) is 5.26 Å². The van der Waals surface area contributed by atoms with Crippen LogP contribution in [-0.2, 0) is 23.3 Å². The van der Waals surface area contributed by atoms with Crippen molar-refractivity contribution in [2.24, 2.45) is 13.0 Å². The molecule has 0 atom stereocenters. The van der Waals surface area contributed by atoms with Crippen molar-refractivity contribution in [2.45, 2.75) is 75.3 Å². The van der Waals surface area contributed by atoms with Gasteiger partial charge in [-0.25, -0.2) is 12.8 Å². The molecule has 0 bridgehead atoms. The Bertz CT molecular complexity index is 2860. The maximum absolute atomic E-state index is 15.7. The molecule has 2 aliphatic rings. The number of carbonyl (C=O) groups is 1. The molecule has 3 aromatic carbocycles. The van der Waals surface area contributed by atoms with Crippen LogP contribution in [0.2, 0.25) is 5.02 Å². The molecule has 1 aliphatic carbocycles. The number of ether oxygens (including phenoxy) is 2. The Morgan fingerprint density at radius 1 is 0.968 bits per heavy atom. The van der Waals surface area contributed by atoms with Crippen molar-refractivity contribution in [3.8, 4) is 34.4 Å². The van der Waals surface area contributed by atoms with Gasteiger partial charge in [-0.3, -0.25) is 9.59 Å². The van der Waals surface area contributed by atoms with Gasteiger partial charge in [0.05, 0.1) is 27.3 Å². The van der Waals surface area contributed by atoms with Crippen molar-refractivity contribution in [2.75, 3.05) is 23.7 Å². The smallest absolute Gasteiger partial charge is 0.274 e. The van der Waals surface area contributed by atoms with Crippen LogP contribution in [0.1, 0.15) is 73.5 Å². The second-order valence-corrected chi connectivity index (χ2v) is 18.9. The number of hydrogen-bond acceptors (Lipinski definition) is 10. The number of halogens is 2. The fourth-order valence-electron chi connectivity index (χ4n) is 8.43. The Morgan fingerprint density at radius 3 is 2.44 bits per heavy atom. The number of nitrogens with zero attached hydrogens (tertiary/aromatic N) is 5. The summed E-state index contributed by atoms with van der Waals surface area (Å²) in [6.45, 7) is 3.15. The number of nitriles is 1. The lowest BCUT2D eigenvalue weighted by molar-refractivity contribution is 0.0888. The molecule has 1 aliphatic heterocycles. The van der Waals surface area contributed by atoms with Gasteiger partial charge in [0.15, 0.2) is 32.9 Å². The number of rotatable bonds is 13. The Hall–Kier alpha value is -6.24. The first kappa shape index (κ1) is 43.4. The summed E-state index contributed by atoms with van der Waals surface area (Å²) < 4.78 is 55.1. The Labute approximate surface area is 369 Å². The van der Waals surface area contributed by atoms with E-state index in [2.05, 4.69) is 25.4 Å². The van der Waals surface area contributed by atoms with E-state index in [9.17, 15) is 18.0 Å². The molecule has 326 valence electrons. The third kappa shape index (κ3) is 9.72. The Kier molecular flexibility index (Phi) is 12.8. The first-order valence-corrected chi connectivity index (χ1v) is 23.2. The largest absolute Gasteiger partial charge is 0.490 e. The zero-order valence-electron chi connectivity index (χ0n) is 34.9. The first-order chi connectivity index (χ1) is 30.4. The lowest BCUT2D eigenvalue weighted by Crippen LogP contribution is -2.40. The average molecular weight is 892 g/mol. The van der Waals surface area contributed by atoms with E-state index in [-0.39, 0.29) is 51.5 Å². The van der Waals surface area contributed by atoms with Gasteiger partial charge < -0.3 is 29.2 Å². The number of piperidine rings is 1. The molecule has 2 N–H and O–H groups in total. The Morgan fingerprint density at radius 2 is 1.75 bits per heavy atom. The van der Waals surface area contributed by atoms with E-state index in [1.807, 2.05) is 18.2 Å². The number of hydrogen-bond donors (Lipinski definition) is 2. The number of anilines is 1. The molecule has 1 amide bonds. The lowest BCUT2D eigenvalue weighted by Gasteiger charge is -2.32. The predicted octanol–water partition coefficient (Wildman–Crippen LogP) is 8.54. The van der Waals surface area contributed by atoms with Crippen LogP contribution in [0.15, 0.2) is 94.9 Å². The maximum Gasteiger partial charge on any atom is 0.274 e. The molecule has 4 heterocycles. The van der Waals surface area contributed by atoms with E-state index < -0.39 is 15.7 Å². The van der Waals surface area contributed by atoms with Gasteiger partial charge in [0.2, 0.25) is 0 Å². The zero-order chi connectivity index (χ0) is 44.3. The van der Waals surface area contributed by atoms with Crippen LogP contribution >= 0.6 is 11.6 Å². The van der Waals surface area contributed by atoms with Gasteiger partial charge in [-0.15, -0.1) is 10.2 Å². The van der Waals surface area contributed by atoms with Crippen molar-refractivity contribution in [1.82, 2.24) is 25.1 Å². The van der Waals surface area contributed by atoms with E-state index in [4.69, 9.17) is 26.3 Å². The van der Waals surface area contributed by atoms with Crippen LogP contribution < -0.4 is 25.2 Å². The summed E-state index contributed by atoms with van der Waals surface area (Å²) in [6.07, 6.45) is 9.78. The Balaban J connectivity index is 0.824. The van der Waals surface area contributed by atoms with Crippen molar-refractivity contribution in [1.29, 1.82) is 5.26 Å². The predicted molar refractivity (Wildman–Crippen MR) is 239 cm³/mol. The molecule has 6 aromatic rings. The lowest BCUT2D eigenvalue weighted by atomic mass is 9.90. The van der Waals surface area contributed by atoms with Gasteiger partial charge >= 0.3 is 0 Å². The summed E-state index contributed by atoms with van der Waals surface area (Å²) in [5.41, 5.74) is 2.63. The molecular formula is C47H47ClFN7O6S. The van der Waals surface area contributed by atoms with Crippen molar-refractivity contribution in [3.05, 3.63) is 123 Å². The summed E-state index contributed by atoms with van der Waals surface area (Å²) >= 11 is 6.15. The second kappa shape index (κ2) is 18.6. The number of fused-ring (bicyclic) bond motifs is 1. The van der Waals surface area contributed by atoms with Gasteiger partial charge in [-0.1, -0.05) is 24.6 Å². The van der Waals surface area contributed by atoms with Crippen molar-refractivity contribution >= 4 is 44.1 Å². The number of carbonyl (C=O) groups excluding carboxylic acids is 1.